The van der Waals surface area contributed by atoms with E-state index in [4.69, 9.17) is 0 Å². The molecule has 1 heteroatoms. The number of allylic oxidation sites excluding steroid dienone is 2. The molecule has 0 spiro atoms. The van der Waals surface area contributed by atoms with E-state index in [9.17, 15) is 4.79 Å². The average Bonchev–Trinajstić information content (AvgIpc) is 2.87. The van der Waals surface area contributed by atoms with Gasteiger partial charge in [-0.1, -0.05) is 193 Å². The van der Waals surface area contributed by atoms with Gasteiger partial charge < -0.3 is 0 Å². The third-order valence-corrected chi connectivity index (χ3v) is 7.69. The van der Waals surface area contributed by atoms with Gasteiger partial charge in [-0.15, -0.1) is 0 Å². The molecule has 0 aliphatic rings. The lowest BCUT2D eigenvalue weighted by Gasteiger charge is -2.04. The van der Waals surface area contributed by atoms with E-state index in [-0.39, 0.29) is 0 Å². The second kappa shape index (κ2) is 33.4. The van der Waals surface area contributed by atoms with Gasteiger partial charge in [0.15, 0.2) is 0 Å². The van der Waals surface area contributed by atoms with Gasteiger partial charge in [0.25, 0.3) is 0 Å². The third-order valence-electron chi connectivity index (χ3n) is 7.69. The zero-order chi connectivity index (χ0) is 25.3. The lowest BCUT2D eigenvalue weighted by molar-refractivity contribution is -0.104. The maximum atomic E-state index is 10.2. The van der Waals surface area contributed by atoms with Gasteiger partial charge in [0.1, 0.15) is 6.29 Å². The quantitative estimate of drug-likeness (QED) is 0.0536. The number of rotatable bonds is 31. The molecule has 0 heterocycles. The van der Waals surface area contributed by atoms with E-state index in [0.29, 0.717) is 0 Å². The minimum Gasteiger partial charge on any atom is -0.299 e. The molecule has 0 bridgehead atoms. The van der Waals surface area contributed by atoms with Gasteiger partial charge in [-0.25, -0.2) is 0 Å². The zero-order valence-corrected chi connectivity index (χ0v) is 24.4. The van der Waals surface area contributed by atoms with Crippen LogP contribution in [0.25, 0.3) is 0 Å². The van der Waals surface area contributed by atoms with Crippen molar-refractivity contribution in [3.8, 4) is 0 Å². The molecule has 0 rings (SSSR count). The first-order valence-corrected chi connectivity index (χ1v) is 16.5. The Bertz CT molecular complexity index is 399. The van der Waals surface area contributed by atoms with Crippen molar-refractivity contribution in [2.45, 2.75) is 200 Å². The van der Waals surface area contributed by atoms with E-state index < -0.39 is 0 Å². The van der Waals surface area contributed by atoms with Crippen molar-refractivity contribution in [1.29, 1.82) is 0 Å². The van der Waals surface area contributed by atoms with Crippen molar-refractivity contribution in [2.24, 2.45) is 0 Å². The van der Waals surface area contributed by atoms with Crippen LogP contribution in [0.5, 0.6) is 0 Å². The predicted molar refractivity (Wildman–Crippen MR) is 159 cm³/mol. The van der Waals surface area contributed by atoms with Gasteiger partial charge in [0, 0.05) is 0 Å². The van der Waals surface area contributed by atoms with Crippen LogP contribution >= 0.6 is 0 Å². The molecule has 0 saturated carbocycles. The maximum Gasteiger partial charge on any atom is 0.142 e. The Balaban J connectivity index is 3.02. The maximum absolute atomic E-state index is 10.2. The molecule has 0 saturated heterocycles. The molecule has 0 fully saturated rings. The summed E-state index contributed by atoms with van der Waals surface area (Å²) in [6.45, 7) is 2.30. The largest absolute Gasteiger partial charge is 0.299 e. The topological polar surface area (TPSA) is 17.1 Å². The highest BCUT2D eigenvalue weighted by Crippen LogP contribution is 2.16. The Hall–Kier alpha value is -0.590. The van der Waals surface area contributed by atoms with Crippen LogP contribution in [0.3, 0.4) is 0 Å². The van der Waals surface area contributed by atoms with Crippen LogP contribution in [0.2, 0.25) is 0 Å². The van der Waals surface area contributed by atoms with E-state index >= 15 is 0 Å². The average molecular weight is 491 g/mol. The fourth-order valence-corrected chi connectivity index (χ4v) is 5.26. The standard InChI is InChI=1S/C34H66O/c1-2-3-4-5-6-7-8-9-10-11-12-13-14-15-16-17-18-19-20-21-22-23-24-25-26-27-28-29-30-31-32-33-34-35/h32-34H,2-31H2,1H3. The monoisotopic (exact) mass is 491 g/mol. The number of hydrogen-bond donors (Lipinski definition) is 0. The molecule has 208 valence electrons. The van der Waals surface area contributed by atoms with Crippen molar-refractivity contribution in [3.05, 3.63) is 12.2 Å². The Labute approximate surface area is 222 Å². The molecule has 35 heavy (non-hydrogen) atoms. The zero-order valence-electron chi connectivity index (χ0n) is 24.4. The molecule has 0 radical (unpaired) electrons. The van der Waals surface area contributed by atoms with E-state index in [1.165, 1.54) is 186 Å². The summed E-state index contributed by atoms with van der Waals surface area (Å²) in [7, 11) is 0. The fourth-order valence-electron chi connectivity index (χ4n) is 5.26. The van der Waals surface area contributed by atoms with Crippen molar-refractivity contribution >= 4 is 6.29 Å². The first kappa shape index (κ1) is 34.4. The van der Waals surface area contributed by atoms with Crippen molar-refractivity contribution in [1.82, 2.24) is 0 Å². The molecule has 1 nitrogen and oxygen atoms in total. The van der Waals surface area contributed by atoms with Crippen molar-refractivity contribution in [3.63, 3.8) is 0 Å². The highest BCUT2D eigenvalue weighted by Gasteiger charge is 1.96. The van der Waals surface area contributed by atoms with Crippen LogP contribution in [0, 0.1) is 0 Å². The van der Waals surface area contributed by atoms with Gasteiger partial charge in [-0.05, 0) is 18.9 Å². The first-order valence-electron chi connectivity index (χ1n) is 16.5. The normalized spacial score (nSPS) is 11.6. The Morgan fingerprint density at radius 3 is 0.800 bits per heavy atom. The van der Waals surface area contributed by atoms with Gasteiger partial charge >= 0.3 is 0 Å². The van der Waals surface area contributed by atoms with Crippen LogP contribution < -0.4 is 0 Å². The number of carbonyl (C=O) groups excluding carboxylic acids is 1. The number of carbonyl (C=O) groups is 1. The van der Waals surface area contributed by atoms with Crippen LogP contribution in [-0.2, 0) is 4.79 Å². The lowest BCUT2D eigenvalue weighted by Crippen LogP contribution is -1.85. The minimum atomic E-state index is 0.877. The predicted octanol–water partition coefficient (Wildman–Crippen LogP) is 12.5. The summed E-state index contributed by atoms with van der Waals surface area (Å²) < 4.78 is 0. The number of unbranched alkanes of at least 4 members (excludes halogenated alkanes) is 29. The Morgan fingerprint density at radius 2 is 0.571 bits per heavy atom. The first-order chi connectivity index (χ1) is 17.4. The molecule has 0 atom stereocenters. The van der Waals surface area contributed by atoms with Crippen molar-refractivity contribution < 1.29 is 4.79 Å². The summed E-state index contributed by atoms with van der Waals surface area (Å²) >= 11 is 0. The summed E-state index contributed by atoms with van der Waals surface area (Å²) in [5.74, 6) is 0. The Morgan fingerprint density at radius 1 is 0.343 bits per heavy atom. The molecule has 0 aromatic carbocycles. The summed E-state index contributed by atoms with van der Waals surface area (Å²) in [6.07, 6.45) is 47.5. The highest BCUT2D eigenvalue weighted by molar-refractivity contribution is 5.64. The molecule has 0 aromatic rings. The second-order valence-corrected chi connectivity index (χ2v) is 11.3. The van der Waals surface area contributed by atoms with Crippen LogP contribution in [0.15, 0.2) is 12.2 Å². The molecule has 0 unspecified atom stereocenters. The SMILES string of the molecule is CCCCCCCCCCCCCCCCCCCCCCCCCCCCCCCC=CC=O. The smallest absolute Gasteiger partial charge is 0.142 e. The van der Waals surface area contributed by atoms with E-state index in [0.717, 1.165) is 12.7 Å². The van der Waals surface area contributed by atoms with E-state index in [1.807, 2.05) is 6.08 Å². The van der Waals surface area contributed by atoms with Gasteiger partial charge in [0.2, 0.25) is 0 Å². The fraction of sp³-hybridized carbons (Fsp3) is 0.912. The van der Waals surface area contributed by atoms with Crippen molar-refractivity contribution in [2.75, 3.05) is 0 Å². The molecule has 0 aliphatic heterocycles. The highest BCUT2D eigenvalue weighted by atomic mass is 16.1. The molecule has 0 aliphatic carbocycles. The van der Waals surface area contributed by atoms with Crippen LogP contribution in [0.4, 0.5) is 0 Å². The molecular formula is C34H66O. The minimum absolute atomic E-state index is 0.877. The summed E-state index contributed by atoms with van der Waals surface area (Å²) in [4.78, 5) is 10.2. The second-order valence-electron chi connectivity index (χ2n) is 11.3. The van der Waals surface area contributed by atoms with Crippen LogP contribution in [-0.4, -0.2) is 6.29 Å². The molecule has 0 aromatic heterocycles. The number of aldehydes is 1. The molecule has 0 amide bonds. The Kier molecular flexibility index (Phi) is 32.8. The summed E-state index contributed by atoms with van der Waals surface area (Å²) in [5.41, 5.74) is 0. The molecular weight excluding hydrogens is 424 g/mol. The van der Waals surface area contributed by atoms with Gasteiger partial charge in [-0.2, -0.15) is 0 Å². The third kappa shape index (κ3) is 33.4. The lowest BCUT2D eigenvalue weighted by atomic mass is 10.0. The molecule has 0 N–H and O–H groups in total. The van der Waals surface area contributed by atoms with E-state index in [2.05, 4.69) is 6.92 Å². The van der Waals surface area contributed by atoms with Gasteiger partial charge in [0.05, 0.1) is 0 Å². The van der Waals surface area contributed by atoms with Gasteiger partial charge in [-0.3, -0.25) is 4.79 Å². The number of hydrogen-bond acceptors (Lipinski definition) is 1. The summed E-state index contributed by atoms with van der Waals surface area (Å²) in [6, 6.07) is 0. The van der Waals surface area contributed by atoms with Crippen LogP contribution in [0.1, 0.15) is 200 Å². The van der Waals surface area contributed by atoms with E-state index in [1.54, 1.807) is 6.08 Å². The summed E-state index contributed by atoms with van der Waals surface area (Å²) in [5, 5.41) is 0.